The molecule has 2 aromatic heterocycles. The van der Waals surface area contributed by atoms with Gasteiger partial charge in [-0.25, -0.2) is 14.4 Å². The lowest BCUT2D eigenvalue weighted by atomic mass is 10.1. The Balaban J connectivity index is 1.48. The van der Waals surface area contributed by atoms with Crippen LogP contribution in [0.1, 0.15) is 16.1 Å². The summed E-state index contributed by atoms with van der Waals surface area (Å²) in [5.41, 5.74) is 7.83. The van der Waals surface area contributed by atoms with Gasteiger partial charge in [-0.1, -0.05) is 23.2 Å². The van der Waals surface area contributed by atoms with Crippen LogP contribution < -0.4 is 10.5 Å². The van der Waals surface area contributed by atoms with E-state index >= 15 is 0 Å². The lowest BCUT2D eigenvalue weighted by Gasteiger charge is -2.32. The molecule has 0 atom stereocenters. The molecule has 11 heteroatoms. The first-order valence-electron chi connectivity index (χ1n) is 10.7. The second-order valence-corrected chi connectivity index (χ2v) is 8.68. The number of carbonyl (C=O) groups excluding carboxylic acids is 1. The van der Waals surface area contributed by atoms with Crippen molar-refractivity contribution in [2.45, 2.75) is 6.42 Å². The van der Waals surface area contributed by atoms with Crippen LogP contribution in [-0.2, 0) is 6.42 Å². The first kappa shape index (κ1) is 24.1. The Hall–Kier alpha value is -3.01. The summed E-state index contributed by atoms with van der Waals surface area (Å²) >= 11 is 12.1. The largest absolute Gasteiger partial charge is 0.475 e. The summed E-state index contributed by atoms with van der Waals surface area (Å²) in [5.74, 6) is -0.464. The van der Waals surface area contributed by atoms with Crippen LogP contribution in [0.25, 0.3) is 11.3 Å². The molecule has 34 heavy (non-hydrogen) atoms. The molecule has 4 rings (SSSR count). The number of anilines is 1. The zero-order valence-electron chi connectivity index (χ0n) is 18.5. The van der Waals surface area contributed by atoms with Crippen LogP contribution in [0, 0.1) is 5.82 Å². The molecule has 2 N–H and O–H groups in total. The van der Waals surface area contributed by atoms with Crippen molar-refractivity contribution in [2.75, 3.05) is 45.6 Å². The molecule has 0 radical (unpaired) electrons. The third-order valence-corrected chi connectivity index (χ3v) is 6.32. The highest BCUT2D eigenvalue weighted by molar-refractivity contribution is 6.36. The molecular weight excluding hydrogens is 482 g/mol. The molecule has 0 unspecified atom stereocenters. The van der Waals surface area contributed by atoms with Gasteiger partial charge in [0.2, 0.25) is 0 Å². The van der Waals surface area contributed by atoms with Crippen LogP contribution in [0.4, 0.5) is 10.2 Å². The monoisotopic (exact) mass is 504 g/mol. The van der Waals surface area contributed by atoms with E-state index in [0.29, 0.717) is 40.6 Å². The van der Waals surface area contributed by atoms with E-state index < -0.39 is 5.82 Å². The average molecular weight is 505 g/mol. The minimum atomic E-state index is -0.554. The SMILES string of the molecule is CN1CCN(C(=O)c2cc(-c3cnc(N)c(OCCc4c(Cl)ccc(F)c4Cl)n3)ccn2)CC1. The molecule has 8 nitrogen and oxygen atoms in total. The number of halogens is 3. The molecule has 1 aliphatic heterocycles. The number of hydrogen-bond donors (Lipinski definition) is 1. The van der Waals surface area contributed by atoms with Crippen molar-refractivity contribution in [3.63, 3.8) is 0 Å². The van der Waals surface area contributed by atoms with Crippen LogP contribution in [0.3, 0.4) is 0 Å². The number of likely N-dealkylation sites (N-methyl/N-ethyl adjacent to an activating group) is 1. The van der Waals surface area contributed by atoms with Crippen LogP contribution in [0.5, 0.6) is 5.88 Å². The molecular formula is C23H23Cl2FN6O2. The molecule has 0 bridgehead atoms. The summed E-state index contributed by atoms with van der Waals surface area (Å²) in [4.78, 5) is 29.7. The maximum atomic E-state index is 13.7. The molecule has 0 spiro atoms. The van der Waals surface area contributed by atoms with Crippen LogP contribution >= 0.6 is 23.2 Å². The zero-order valence-corrected chi connectivity index (χ0v) is 20.0. The maximum Gasteiger partial charge on any atom is 0.272 e. The Labute approximate surface area is 206 Å². The average Bonchev–Trinajstić information content (AvgIpc) is 2.85. The number of nitrogen functional groups attached to an aromatic ring is 1. The molecule has 3 aromatic rings. The zero-order chi connectivity index (χ0) is 24.2. The Morgan fingerprint density at radius 1 is 1.18 bits per heavy atom. The summed E-state index contributed by atoms with van der Waals surface area (Å²) in [7, 11) is 2.03. The molecule has 178 valence electrons. The Morgan fingerprint density at radius 3 is 2.71 bits per heavy atom. The van der Waals surface area contributed by atoms with Crippen LogP contribution in [-0.4, -0.2) is 70.5 Å². The molecule has 1 aliphatic rings. The van der Waals surface area contributed by atoms with Crippen LogP contribution in [0.2, 0.25) is 10.0 Å². The number of pyridine rings is 1. The van der Waals surface area contributed by atoms with Gasteiger partial charge in [-0.05, 0) is 36.9 Å². The number of hydrogen-bond acceptors (Lipinski definition) is 7. The Morgan fingerprint density at radius 2 is 1.94 bits per heavy atom. The number of amides is 1. The first-order chi connectivity index (χ1) is 16.3. The summed E-state index contributed by atoms with van der Waals surface area (Å²) < 4.78 is 19.4. The van der Waals surface area contributed by atoms with Gasteiger partial charge in [0, 0.05) is 49.4 Å². The van der Waals surface area contributed by atoms with Crippen molar-refractivity contribution >= 4 is 34.9 Å². The molecule has 1 fully saturated rings. The number of rotatable bonds is 6. The van der Waals surface area contributed by atoms with E-state index in [9.17, 15) is 9.18 Å². The van der Waals surface area contributed by atoms with Crippen molar-refractivity contribution < 1.29 is 13.9 Å². The number of aromatic nitrogens is 3. The molecule has 1 saturated heterocycles. The predicted octanol–water partition coefficient (Wildman–Crippen LogP) is 3.58. The fourth-order valence-corrected chi connectivity index (χ4v) is 4.11. The second-order valence-electron chi connectivity index (χ2n) is 7.89. The second kappa shape index (κ2) is 10.5. The van der Waals surface area contributed by atoms with E-state index in [2.05, 4.69) is 19.9 Å². The minimum Gasteiger partial charge on any atom is -0.475 e. The van der Waals surface area contributed by atoms with Gasteiger partial charge in [0.15, 0.2) is 5.82 Å². The van der Waals surface area contributed by atoms with E-state index in [1.54, 1.807) is 23.2 Å². The number of nitrogens with two attached hydrogens (primary N) is 1. The van der Waals surface area contributed by atoms with Crippen molar-refractivity contribution in [1.82, 2.24) is 24.8 Å². The van der Waals surface area contributed by atoms with Gasteiger partial charge in [-0.2, -0.15) is 0 Å². The standard InChI is InChI=1S/C23H23Cl2FN6O2/c1-31-7-9-32(10-8-31)23(33)18-12-14(4-6-28-18)19-13-29-21(27)22(30-19)34-11-5-15-16(24)2-3-17(26)20(15)25/h2-4,6,12-13H,5,7-11H2,1H3,(H2,27,29). The predicted molar refractivity (Wildman–Crippen MR) is 129 cm³/mol. The third kappa shape index (κ3) is 5.38. The highest BCUT2D eigenvalue weighted by Crippen LogP contribution is 2.28. The Kier molecular flexibility index (Phi) is 7.45. The lowest BCUT2D eigenvalue weighted by Crippen LogP contribution is -2.47. The highest BCUT2D eigenvalue weighted by atomic mass is 35.5. The lowest BCUT2D eigenvalue weighted by molar-refractivity contribution is 0.0658. The molecule has 0 saturated carbocycles. The van der Waals surface area contributed by atoms with Gasteiger partial charge >= 0.3 is 0 Å². The van der Waals surface area contributed by atoms with Crippen molar-refractivity contribution in [3.8, 4) is 17.1 Å². The summed E-state index contributed by atoms with van der Waals surface area (Å²) in [5, 5.41) is 0.301. The fraction of sp³-hybridized carbons (Fsp3) is 0.304. The van der Waals surface area contributed by atoms with Crippen molar-refractivity contribution in [3.05, 3.63) is 63.8 Å². The van der Waals surface area contributed by atoms with E-state index in [1.165, 1.54) is 18.3 Å². The third-order valence-electron chi connectivity index (χ3n) is 5.56. The van der Waals surface area contributed by atoms with Gasteiger partial charge in [0.1, 0.15) is 11.5 Å². The first-order valence-corrected chi connectivity index (χ1v) is 11.4. The van der Waals surface area contributed by atoms with E-state index in [-0.39, 0.29) is 35.7 Å². The number of ether oxygens (including phenoxy) is 1. The highest BCUT2D eigenvalue weighted by Gasteiger charge is 2.22. The minimum absolute atomic E-state index is 0.0433. The van der Waals surface area contributed by atoms with Gasteiger partial charge in [0.25, 0.3) is 11.8 Å². The number of carbonyl (C=O) groups is 1. The fourth-order valence-electron chi connectivity index (χ4n) is 3.55. The summed E-state index contributed by atoms with van der Waals surface area (Å²) in [6, 6.07) is 6.06. The molecule has 1 amide bonds. The smallest absolute Gasteiger partial charge is 0.272 e. The van der Waals surface area contributed by atoms with Gasteiger partial charge < -0.3 is 20.3 Å². The number of nitrogens with zero attached hydrogens (tertiary/aromatic N) is 5. The normalized spacial score (nSPS) is 14.3. The number of benzene rings is 1. The molecule has 1 aromatic carbocycles. The Bertz CT molecular complexity index is 1200. The van der Waals surface area contributed by atoms with Gasteiger partial charge in [0.05, 0.1) is 23.5 Å². The van der Waals surface area contributed by atoms with Crippen molar-refractivity contribution in [2.24, 2.45) is 0 Å². The van der Waals surface area contributed by atoms with Crippen LogP contribution in [0.15, 0.2) is 36.7 Å². The van der Waals surface area contributed by atoms with Gasteiger partial charge in [-0.15, -0.1) is 0 Å². The van der Waals surface area contributed by atoms with Gasteiger partial charge in [-0.3, -0.25) is 9.78 Å². The molecule has 0 aliphatic carbocycles. The van der Waals surface area contributed by atoms with E-state index in [4.69, 9.17) is 33.7 Å². The summed E-state index contributed by atoms with van der Waals surface area (Å²) in [6.45, 7) is 3.05. The van der Waals surface area contributed by atoms with E-state index in [1.807, 2.05) is 7.05 Å². The van der Waals surface area contributed by atoms with E-state index in [0.717, 1.165) is 13.1 Å². The molecule has 3 heterocycles. The quantitative estimate of drug-likeness (QED) is 0.512. The topological polar surface area (TPSA) is 97.5 Å². The van der Waals surface area contributed by atoms with Crippen molar-refractivity contribution in [1.29, 1.82) is 0 Å². The maximum absolute atomic E-state index is 13.7. The summed E-state index contributed by atoms with van der Waals surface area (Å²) in [6.07, 6.45) is 3.31. The number of piperazine rings is 1.